The molecule has 1 heterocycles. The summed E-state index contributed by atoms with van der Waals surface area (Å²) in [7, 11) is 0. The fourth-order valence-corrected chi connectivity index (χ4v) is 1.54. The zero-order valence-corrected chi connectivity index (χ0v) is 8.97. The Morgan fingerprint density at radius 3 is 2.53 bits per heavy atom. The van der Waals surface area contributed by atoms with Gasteiger partial charge < -0.3 is 5.73 Å². The first kappa shape index (κ1) is 11.7. The van der Waals surface area contributed by atoms with Crippen molar-refractivity contribution in [2.75, 3.05) is 5.73 Å². The zero-order chi connectivity index (χ0) is 12.6. The van der Waals surface area contributed by atoms with Crippen LogP contribution in [-0.4, -0.2) is 9.97 Å². The fraction of sp³-hybridized carbons (Fsp3) is 0. The standard InChI is InChI=1S/C10H5ClF3N3/c11-4-1-2-5(12)8(14)7(4)9-6(13)3-16-10(15)17-9/h1-3H,(H2,15,16,17). The third-order valence-corrected chi connectivity index (χ3v) is 2.36. The minimum absolute atomic E-state index is 0.166. The summed E-state index contributed by atoms with van der Waals surface area (Å²) in [4.78, 5) is 6.89. The molecule has 0 amide bonds. The molecule has 17 heavy (non-hydrogen) atoms. The van der Waals surface area contributed by atoms with Crippen molar-refractivity contribution in [2.45, 2.75) is 0 Å². The van der Waals surface area contributed by atoms with Gasteiger partial charge in [-0.25, -0.2) is 23.1 Å². The molecular weight excluding hydrogens is 255 g/mol. The minimum Gasteiger partial charge on any atom is -0.368 e. The average Bonchev–Trinajstić information content (AvgIpc) is 2.29. The second kappa shape index (κ2) is 4.21. The summed E-state index contributed by atoms with van der Waals surface area (Å²) in [6, 6.07) is 1.94. The molecule has 88 valence electrons. The Hall–Kier alpha value is -1.82. The summed E-state index contributed by atoms with van der Waals surface area (Å²) in [5.74, 6) is -3.64. The summed E-state index contributed by atoms with van der Waals surface area (Å²) < 4.78 is 40.0. The third-order valence-electron chi connectivity index (χ3n) is 2.04. The van der Waals surface area contributed by atoms with Crippen LogP contribution in [0.5, 0.6) is 0 Å². The van der Waals surface area contributed by atoms with Gasteiger partial charge in [0.2, 0.25) is 5.95 Å². The van der Waals surface area contributed by atoms with Crippen LogP contribution in [-0.2, 0) is 0 Å². The number of rotatable bonds is 1. The van der Waals surface area contributed by atoms with E-state index < -0.39 is 28.7 Å². The molecule has 0 spiro atoms. The largest absolute Gasteiger partial charge is 0.368 e. The number of hydrogen-bond acceptors (Lipinski definition) is 3. The highest BCUT2D eigenvalue weighted by Crippen LogP contribution is 2.32. The molecule has 2 aromatic rings. The third kappa shape index (κ3) is 2.03. The summed E-state index contributed by atoms with van der Waals surface area (Å²) in [6.07, 6.45) is 0.762. The number of aromatic nitrogens is 2. The van der Waals surface area contributed by atoms with E-state index in [0.717, 1.165) is 18.3 Å². The van der Waals surface area contributed by atoms with E-state index >= 15 is 0 Å². The van der Waals surface area contributed by atoms with Crippen molar-refractivity contribution >= 4 is 17.5 Å². The van der Waals surface area contributed by atoms with Gasteiger partial charge in [-0.05, 0) is 12.1 Å². The monoisotopic (exact) mass is 259 g/mol. The Labute approximate surface area is 99.1 Å². The van der Waals surface area contributed by atoms with E-state index in [2.05, 4.69) is 9.97 Å². The van der Waals surface area contributed by atoms with Crippen LogP contribution in [0.4, 0.5) is 19.1 Å². The quantitative estimate of drug-likeness (QED) is 0.801. The van der Waals surface area contributed by atoms with Gasteiger partial charge in [-0.2, -0.15) is 0 Å². The maximum Gasteiger partial charge on any atom is 0.220 e. The predicted molar refractivity (Wildman–Crippen MR) is 56.8 cm³/mol. The summed E-state index contributed by atoms with van der Waals surface area (Å²) in [5, 5.41) is -0.166. The van der Waals surface area contributed by atoms with E-state index in [9.17, 15) is 13.2 Å². The van der Waals surface area contributed by atoms with Gasteiger partial charge in [0, 0.05) is 0 Å². The molecule has 0 radical (unpaired) electrons. The molecule has 1 aromatic carbocycles. The van der Waals surface area contributed by atoms with E-state index in [0.29, 0.717) is 0 Å². The molecule has 0 fully saturated rings. The highest BCUT2D eigenvalue weighted by molar-refractivity contribution is 6.33. The van der Waals surface area contributed by atoms with Crippen LogP contribution >= 0.6 is 11.6 Å². The van der Waals surface area contributed by atoms with Crippen LogP contribution < -0.4 is 5.73 Å². The van der Waals surface area contributed by atoms with Crippen molar-refractivity contribution in [1.82, 2.24) is 9.97 Å². The molecule has 0 bridgehead atoms. The SMILES string of the molecule is Nc1ncc(F)c(-c2c(Cl)ccc(F)c2F)n1. The molecule has 0 unspecified atom stereocenters. The van der Waals surface area contributed by atoms with E-state index in [1.165, 1.54) is 0 Å². The van der Waals surface area contributed by atoms with Crippen molar-refractivity contribution in [1.29, 1.82) is 0 Å². The second-order valence-corrected chi connectivity index (χ2v) is 3.55. The first-order valence-electron chi connectivity index (χ1n) is 4.42. The van der Waals surface area contributed by atoms with Crippen molar-refractivity contribution in [3.63, 3.8) is 0 Å². The summed E-state index contributed by atoms with van der Waals surface area (Å²) in [5.41, 5.74) is 4.31. The molecule has 2 rings (SSSR count). The van der Waals surface area contributed by atoms with Crippen LogP contribution in [0.25, 0.3) is 11.3 Å². The Balaban J connectivity index is 2.76. The van der Waals surface area contributed by atoms with Gasteiger partial charge in [-0.1, -0.05) is 11.6 Å². The predicted octanol–water partition coefficient (Wildman–Crippen LogP) is 2.80. The van der Waals surface area contributed by atoms with Crippen LogP contribution in [0.3, 0.4) is 0 Å². The van der Waals surface area contributed by atoms with E-state index in [1.807, 2.05) is 0 Å². The molecule has 0 aliphatic carbocycles. The minimum atomic E-state index is -1.28. The molecule has 7 heteroatoms. The lowest BCUT2D eigenvalue weighted by molar-refractivity contribution is 0.509. The number of anilines is 1. The topological polar surface area (TPSA) is 51.8 Å². The number of nitrogens with two attached hydrogens (primary N) is 1. The highest BCUT2D eigenvalue weighted by Gasteiger charge is 2.19. The van der Waals surface area contributed by atoms with Crippen LogP contribution in [0.2, 0.25) is 5.02 Å². The lowest BCUT2D eigenvalue weighted by Gasteiger charge is -2.07. The van der Waals surface area contributed by atoms with E-state index in [4.69, 9.17) is 17.3 Å². The Bertz CT molecular complexity index is 589. The number of halogens is 4. The smallest absolute Gasteiger partial charge is 0.220 e. The number of nitrogen functional groups attached to an aromatic ring is 1. The Morgan fingerprint density at radius 2 is 1.82 bits per heavy atom. The van der Waals surface area contributed by atoms with Gasteiger partial charge in [-0.15, -0.1) is 0 Å². The Kier molecular flexibility index (Phi) is 2.89. The molecular formula is C10H5ClF3N3. The highest BCUT2D eigenvalue weighted by atomic mass is 35.5. The molecule has 1 aromatic heterocycles. The maximum atomic E-state index is 13.5. The first-order valence-corrected chi connectivity index (χ1v) is 4.80. The molecule has 0 saturated carbocycles. The van der Waals surface area contributed by atoms with Crippen molar-refractivity contribution in [2.24, 2.45) is 0 Å². The van der Waals surface area contributed by atoms with Crippen molar-refractivity contribution in [3.05, 3.63) is 40.8 Å². The first-order chi connectivity index (χ1) is 8.00. The normalized spacial score (nSPS) is 10.6. The second-order valence-electron chi connectivity index (χ2n) is 3.14. The molecule has 0 aliphatic rings. The van der Waals surface area contributed by atoms with Gasteiger partial charge in [0.15, 0.2) is 17.5 Å². The van der Waals surface area contributed by atoms with Gasteiger partial charge in [0.05, 0.1) is 16.8 Å². The van der Waals surface area contributed by atoms with Crippen LogP contribution in [0.15, 0.2) is 18.3 Å². The zero-order valence-electron chi connectivity index (χ0n) is 8.22. The summed E-state index contributed by atoms with van der Waals surface area (Å²) >= 11 is 5.69. The number of benzene rings is 1. The van der Waals surface area contributed by atoms with Crippen LogP contribution in [0.1, 0.15) is 0 Å². The maximum absolute atomic E-state index is 13.5. The molecule has 0 saturated heterocycles. The lowest BCUT2D eigenvalue weighted by atomic mass is 10.1. The van der Waals surface area contributed by atoms with E-state index in [-0.39, 0.29) is 11.0 Å². The van der Waals surface area contributed by atoms with Gasteiger partial charge in [0.1, 0.15) is 5.69 Å². The molecule has 0 atom stereocenters. The molecule has 3 nitrogen and oxygen atoms in total. The Morgan fingerprint density at radius 1 is 1.12 bits per heavy atom. The van der Waals surface area contributed by atoms with Gasteiger partial charge in [-0.3, -0.25) is 0 Å². The average molecular weight is 260 g/mol. The van der Waals surface area contributed by atoms with Gasteiger partial charge in [0.25, 0.3) is 0 Å². The molecule has 2 N–H and O–H groups in total. The van der Waals surface area contributed by atoms with Gasteiger partial charge >= 0.3 is 0 Å². The molecule has 0 aliphatic heterocycles. The number of nitrogens with zero attached hydrogens (tertiary/aromatic N) is 2. The van der Waals surface area contributed by atoms with Crippen LogP contribution in [0, 0.1) is 17.5 Å². The fourth-order valence-electron chi connectivity index (χ4n) is 1.30. The van der Waals surface area contributed by atoms with Crippen molar-refractivity contribution < 1.29 is 13.2 Å². The lowest BCUT2D eigenvalue weighted by Crippen LogP contribution is -2.01. The number of hydrogen-bond donors (Lipinski definition) is 1. The van der Waals surface area contributed by atoms with Crippen molar-refractivity contribution in [3.8, 4) is 11.3 Å². The summed E-state index contributed by atoms with van der Waals surface area (Å²) in [6.45, 7) is 0. The van der Waals surface area contributed by atoms with E-state index in [1.54, 1.807) is 0 Å².